The Morgan fingerprint density at radius 2 is 2.36 bits per heavy atom. The first-order valence-corrected chi connectivity index (χ1v) is 8.28. The van der Waals surface area contributed by atoms with Crippen molar-refractivity contribution in [1.82, 2.24) is 20.8 Å². The summed E-state index contributed by atoms with van der Waals surface area (Å²) >= 11 is 0. The molecule has 8 nitrogen and oxygen atoms in total. The van der Waals surface area contributed by atoms with Gasteiger partial charge in [-0.2, -0.15) is 4.98 Å². The van der Waals surface area contributed by atoms with Crippen LogP contribution in [-0.4, -0.2) is 35.7 Å². The lowest BCUT2D eigenvalue weighted by Crippen LogP contribution is -2.40. The summed E-state index contributed by atoms with van der Waals surface area (Å²) in [4.78, 5) is 16.1. The van der Waals surface area contributed by atoms with Gasteiger partial charge < -0.3 is 24.6 Å². The molecule has 2 N–H and O–H groups in total. The van der Waals surface area contributed by atoms with Crippen LogP contribution < -0.4 is 15.4 Å². The van der Waals surface area contributed by atoms with Crippen molar-refractivity contribution in [2.75, 3.05) is 13.7 Å². The Hall–Kier alpha value is -2.45. The highest BCUT2D eigenvalue weighted by Gasteiger charge is 2.22. The summed E-state index contributed by atoms with van der Waals surface area (Å²) in [5, 5.41) is 9.79. The molecule has 0 bridgehead atoms. The smallest absolute Gasteiger partial charge is 0.246 e. The molecule has 1 aliphatic heterocycles. The third-order valence-corrected chi connectivity index (χ3v) is 3.93. The second-order valence-corrected chi connectivity index (χ2v) is 5.82. The maximum atomic E-state index is 11.9. The number of hydrogen-bond acceptors (Lipinski definition) is 7. The molecule has 1 aromatic heterocycles. The highest BCUT2D eigenvalue weighted by molar-refractivity contribution is 5.81. The van der Waals surface area contributed by atoms with E-state index in [0.29, 0.717) is 18.3 Å². The van der Waals surface area contributed by atoms with E-state index >= 15 is 0 Å². The minimum atomic E-state index is -0.117. The van der Waals surface area contributed by atoms with Crippen LogP contribution >= 0.6 is 0 Å². The standard InChI is InChI=1S/C17H22N4O4/c1-23-13-5-2-4-12(8-13)10-24-11-15-20-16(25-21-15)9-19-17(22)14-6-3-7-18-14/h2,4-5,8,14,18H,3,6-7,9-11H2,1H3,(H,19,22). The van der Waals surface area contributed by atoms with E-state index in [-0.39, 0.29) is 25.1 Å². The van der Waals surface area contributed by atoms with E-state index in [4.69, 9.17) is 14.0 Å². The average molecular weight is 346 g/mol. The van der Waals surface area contributed by atoms with Gasteiger partial charge in [0.25, 0.3) is 0 Å². The van der Waals surface area contributed by atoms with E-state index in [0.717, 1.165) is 30.7 Å². The third-order valence-electron chi connectivity index (χ3n) is 3.93. The van der Waals surface area contributed by atoms with Crippen LogP contribution in [-0.2, 0) is 29.3 Å². The number of nitrogens with one attached hydrogen (secondary N) is 2. The SMILES string of the molecule is COc1cccc(COCc2noc(CNC(=O)C3CCCN3)n2)c1. The molecule has 2 heterocycles. The number of methoxy groups -OCH3 is 1. The lowest BCUT2D eigenvalue weighted by molar-refractivity contribution is -0.123. The van der Waals surface area contributed by atoms with Gasteiger partial charge in [0, 0.05) is 0 Å². The fraction of sp³-hybridized carbons (Fsp3) is 0.471. The van der Waals surface area contributed by atoms with Gasteiger partial charge in [-0.1, -0.05) is 17.3 Å². The van der Waals surface area contributed by atoms with E-state index in [9.17, 15) is 4.79 Å². The number of carbonyl (C=O) groups is 1. The quantitative estimate of drug-likeness (QED) is 0.740. The average Bonchev–Trinajstić information content (AvgIpc) is 3.32. The van der Waals surface area contributed by atoms with Crippen molar-refractivity contribution in [3.05, 3.63) is 41.5 Å². The van der Waals surface area contributed by atoms with Crippen molar-refractivity contribution in [2.45, 2.75) is 38.6 Å². The van der Waals surface area contributed by atoms with Gasteiger partial charge in [0.2, 0.25) is 11.8 Å². The summed E-state index contributed by atoms with van der Waals surface area (Å²) < 4.78 is 15.9. The van der Waals surface area contributed by atoms with Crippen molar-refractivity contribution in [3.8, 4) is 5.75 Å². The van der Waals surface area contributed by atoms with Gasteiger partial charge in [-0.3, -0.25) is 4.79 Å². The molecule has 0 spiro atoms. The molecular formula is C17H22N4O4. The second-order valence-electron chi connectivity index (χ2n) is 5.82. The zero-order chi connectivity index (χ0) is 17.5. The van der Waals surface area contributed by atoms with E-state index in [1.807, 2.05) is 24.3 Å². The fourth-order valence-corrected chi connectivity index (χ4v) is 2.64. The highest BCUT2D eigenvalue weighted by atomic mass is 16.5. The topological polar surface area (TPSA) is 98.5 Å². The van der Waals surface area contributed by atoms with Gasteiger partial charge in [-0.15, -0.1) is 0 Å². The molecule has 3 rings (SSSR count). The van der Waals surface area contributed by atoms with Crippen LogP contribution in [0.1, 0.15) is 30.1 Å². The maximum Gasteiger partial charge on any atom is 0.246 e. The Bertz CT molecular complexity index is 697. The number of benzene rings is 1. The Kier molecular flexibility index (Phi) is 5.97. The van der Waals surface area contributed by atoms with Crippen LogP contribution in [0.2, 0.25) is 0 Å². The highest BCUT2D eigenvalue weighted by Crippen LogP contribution is 2.13. The first-order chi connectivity index (χ1) is 12.2. The number of amides is 1. The molecule has 1 fully saturated rings. The molecule has 0 radical (unpaired) electrons. The Morgan fingerprint density at radius 1 is 1.44 bits per heavy atom. The second kappa shape index (κ2) is 8.59. The van der Waals surface area contributed by atoms with Crippen LogP contribution in [0.3, 0.4) is 0 Å². The number of hydrogen-bond donors (Lipinski definition) is 2. The van der Waals surface area contributed by atoms with Gasteiger partial charge in [-0.25, -0.2) is 0 Å². The van der Waals surface area contributed by atoms with E-state index in [1.165, 1.54) is 0 Å². The summed E-state index contributed by atoms with van der Waals surface area (Å²) in [5.41, 5.74) is 0.999. The van der Waals surface area contributed by atoms with Crippen molar-refractivity contribution < 1.29 is 18.8 Å². The van der Waals surface area contributed by atoms with Crippen LogP contribution in [0.25, 0.3) is 0 Å². The zero-order valence-electron chi connectivity index (χ0n) is 14.2. The van der Waals surface area contributed by atoms with Crippen LogP contribution in [0.5, 0.6) is 5.75 Å². The summed E-state index contributed by atoms with van der Waals surface area (Å²) in [6.07, 6.45) is 1.88. The molecule has 2 aromatic rings. The molecule has 0 saturated carbocycles. The normalized spacial score (nSPS) is 16.8. The zero-order valence-corrected chi connectivity index (χ0v) is 14.2. The summed E-state index contributed by atoms with van der Waals surface area (Å²) in [6, 6.07) is 7.54. The number of ether oxygens (including phenoxy) is 2. The van der Waals surface area contributed by atoms with Gasteiger partial charge in [0.05, 0.1) is 26.3 Å². The minimum Gasteiger partial charge on any atom is -0.497 e. The van der Waals surface area contributed by atoms with Crippen LogP contribution in [0, 0.1) is 0 Å². The molecule has 1 aliphatic rings. The van der Waals surface area contributed by atoms with Crippen LogP contribution in [0.4, 0.5) is 0 Å². The van der Waals surface area contributed by atoms with Crippen molar-refractivity contribution in [2.24, 2.45) is 0 Å². The Morgan fingerprint density at radius 3 is 3.16 bits per heavy atom. The largest absolute Gasteiger partial charge is 0.497 e. The van der Waals surface area contributed by atoms with Gasteiger partial charge in [0.15, 0.2) is 5.82 Å². The van der Waals surface area contributed by atoms with Crippen molar-refractivity contribution in [1.29, 1.82) is 0 Å². The summed E-state index contributed by atoms with van der Waals surface area (Å²) in [7, 11) is 1.63. The van der Waals surface area contributed by atoms with Gasteiger partial charge in [0.1, 0.15) is 12.4 Å². The number of rotatable bonds is 8. The lowest BCUT2D eigenvalue weighted by Gasteiger charge is -2.08. The molecule has 1 saturated heterocycles. The summed E-state index contributed by atoms with van der Waals surface area (Å²) in [5.74, 6) is 1.57. The van der Waals surface area contributed by atoms with E-state index in [1.54, 1.807) is 7.11 Å². The van der Waals surface area contributed by atoms with E-state index in [2.05, 4.69) is 20.8 Å². The van der Waals surface area contributed by atoms with E-state index < -0.39 is 0 Å². The molecule has 0 aliphatic carbocycles. The van der Waals surface area contributed by atoms with Crippen molar-refractivity contribution in [3.63, 3.8) is 0 Å². The maximum absolute atomic E-state index is 11.9. The molecule has 1 aromatic carbocycles. The van der Waals surface area contributed by atoms with Gasteiger partial charge >= 0.3 is 0 Å². The molecule has 134 valence electrons. The lowest BCUT2D eigenvalue weighted by atomic mass is 10.2. The fourth-order valence-electron chi connectivity index (χ4n) is 2.64. The third kappa shape index (κ3) is 5.01. The predicted molar refractivity (Wildman–Crippen MR) is 88.7 cm³/mol. The monoisotopic (exact) mass is 346 g/mol. The number of carbonyl (C=O) groups excluding carboxylic acids is 1. The molecule has 1 unspecified atom stereocenters. The van der Waals surface area contributed by atoms with Crippen molar-refractivity contribution >= 4 is 5.91 Å². The predicted octanol–water partition coefficient (Wildman–Crippen LogP) is 1.16. The minimum absolute atomic E-state index is 0.0356. The van der Waals surface area contributed by atoms with Gasteiger partial charge in [-0.05, 0) is 37.1 Å². The molecular weight excluding hydrogens is 324 g/mol. The molecule has 1 atom stereocenters. The number of aromatic nitrogens is 2. The molecule has 25 heavy (non-hydrogen) atoms. The van der Waals surface area contributed by atoms with Crippen LogP contribution in [0.15, 0.2) is 28.8 Å². The Balaban J connectivity index is 1.41. The number of nitrogens with zero attached hydrogens (tertiary/aromatic N) is 2. The molecule has 1 amide bonds. The first-order valence-electron chi connectivity index (χ1n) is 8.28. The Labute approximate surface area is 145 Å². The first kappa shape index (κ1) is 17.4. The summed E-state index contributed by atoms with van der Waals surface area (Å²) in [6.45, 7) is 1.76. The molecule has 8 heteroatoms.